The molecule has 1 aliphatic carbocycles. The second-order valence-electron chi connectivity index (χ2n) is 4.84. The summed E-state index contributed by atoms with van der Waals surface area (Å²) in [6.45, 7) is 0. The van der Waals surface area contributed by atoms with Gasteiger partial charge in [0, 0.05) is 18.9 Å². The van der Waals surface area contributed by atoms with Crippen LogP contribution in [0, 0.1) is 5.92 Å². The van der Waals surface area contributed by atoms with Gasteiger partial charge in [-0.3, -0.25) is 9.59 Å². The average molecular weight is 278 g/mol. The standard InChI is InChI=1S/C15H18O5/c1-18-11-7-10-4-9(6-14(17)20-3)5-12(16)15(10)13(8-11)19-2/h7-9H,4-6H2,1-3H3. The molecule has 5 heteroatoms. The first kappa shape index (κ1) is 14.4. The highest BCUT2D eigenvalue weighted by Gasteiger charge is 2.30. The summed E-state index contributed by atoms with van der Waals surface area (Å²) in [4.78, 5) is 23.6. The number of methoxy groups -OCH3 is 3. The van der Waals surface area contributed by atoms with Gasteiger partial charge in [-0.1, -0.05) is 0 Å². The molecule has 0 bridgehead atoms. The third-order valence-corrected chi connectivity index (χ3v) is 3.56. The van der Waals surface area contributed by atoms with Gasteiger partial charge in [0.1, 0.15) is 11.5 Å². The number of esters is 1. The van der Waals surface area contributed by atoms with Crippen LogP contribution in [0.25, 0.3) is 0 Å². The van der Waals surface area contributed by atoms with Crippen molar-refractivity contribution in [2.24, 2.45) is 5.92 Å². The highest BCUT2D eigenvalue weighted by Crippen LogP contribution is 2.36. The Kier molecular flexibility index (Phi) is 4.27. The van der Waals surface area contributed by atoms with Crippen LogP contribution in [0.4, 0.5) is 0 Å². The first-order valence-electron chi connectivity index (χ1n) is 6.44. The largest absolute Gasteiger partial charge is 0.497 e. The molecule has 0 fully saturated rings. The molecule has 0 saturated heterocycles. The Bertz CT molecular complexity index is 535. The zero-order chi connectivity index (χ0) is 14.7. The van der Waals surface area contributed by atoms with Crippen LogP contribution in [0.3, 0.4) is 0 Å². The summed E-state index contributed by atoms with van der Waals surface area (Å²) in [5.41, 5.74) is 1.47. The van der Waals surface area contributed by atoms with Crippen molar-refractivity contribution in [3.63, 3.8) is 0 Å². The van der Waals surface area contributed by atoms with E-state index in [1.165, 1.54) is 14.2 Å². The quantitative estimate of drug-likeness (QED) is 0.788. The minimum Gasteiger partial charge on any atom is -0.497 e. The molecule has 1 atom stereocenters. The van der Waals surface area contributed by atoms with Gasteiger partial charge in [0.15, 0.2) is 5.78 Å². The minimum atomic E-state index is -0.291. The third kappa shape index (κ3) is 2.76. The predicted octanol–water partition coefficient (Wildman–Crippen LogP) is 2.01. The maximum absolute atomic E-state index is 12.3. The van der Waals surface area contributed by atoms with E-state index in [9.17, 15) is 9.59 Å². The molecular formula is C15H18O5. The molecule has 0 spiro atoms. The van der Waals surface area contributed by atoms with E-state index >= 15 is 0 Å². The summed E-state index contributed by atoms with van der Waals surface area (Å²) in [5.74, 6) is 0.855. The maximum Gasteiger partial charge on any atom is 0.305 e. The number of ether oxygens (including phenoxy) is 3. The van der Waals surface area contributed by atoms with Crippen molar-refractivity contribution in [1.82, 2.24) is 0 Å². The zero-order valence-electron chi connectivity index (χ0n) is 11.9. The monoisotopic (exact) mass is 278 g/mol. The SMILES string of the molecule is COC(=O)CC1CC(=O)c2c(cc(OC)cc2OC)C1. The van der Waals surface area contributed by atoms with Crippen LogP contribution in [0.15, 0.2) is 12.1 Å². The molecule has 1 aliphatic rings. The second-order valence-corrected chi connectivity index (χ2v) is 4.84. The molecule has 20 heavy (non-hydrogen) atoms. The smallest absolute Gasteiger partial charge is 0.305 e. The Morgan fingerprint density at radius 3 is 2.55 bits per heavy atom. The van der Waals surface area contributed by atoms with Gasteiger partial charge < -0.3 is 14.2 Å². The fourth-order valence-electron chi connectivity index (χ4n) is 2.61. The number of fused-ring (bicyclic) bond motifs is 1. The fourth-order valence-corrected chi connectivity index (χ4v) is 2.61. The van der Waals surface area contributed by atoms with Gasteiger partial charge in [-0.2, -0.15) is 0 Å². The average Bonchev–Trinajstić information content (AvgIpc) is 2.45. The van der Waals surface area contributed by atoms with Crippen molar-refractivity contribution in [2.75, 3.05) is 21.3 Å². The lowest BCUT2D eigenvalue weighted by atomic mass is 9.81. The lowest BCUT2D eigenvalue weighted by Gasteiger charge is -2.24. The second kappa shape index (κ2) is 5.94. The number of benzene rings is 1. The van der Waals surface area contributed by atoms with Gasteiger partial charge in [-0.25, -0.2) is 0 Å². The van der Waals surface area contributed by atoms with Gasteiger partial charge in [-0.05, 0) is 24.0 Å². The Hall–Kier alpha value is -2.04. The van der Waals surface area contributed by atoms with Crippen LogP contribution >= 0.6 is 0 Å². The summed E-state index contributed by atoms with van der Waals surface area (Å²) in [6.07, 6.45) is 1.23. The molecule has 0 heterocycles. The van der Waals surface area contributed by atoms with Crippen molar-refractivity contribution < 1.29 is 23.8 Å². The van der Waals surface area contributed by atoms with Crippen LogP contribution in [0.5, 0.6) is 11.5 Å². The Morgan fingerprint density at radius 2 is 1.95 bits per heavy atom. The maximum atomic E-state index is 12.3. The summed E-state index contributed by atoms with van der Waals surface area (Å²) in [7, 11) is 4.45. The van der Waals surface area contributed by atoms with Gasteiger partial charge >= 0.3 is 5.97 Å². The summed E-state index contributed by atoms with van der Waals surface area (Å²) >= 11 is 0. The molecule has 1 aromatic rings. The number of hydrogen-bond acceptors (Lipinski definition) is 5. The normalized spacial score (nSPS) is 17.4. The van der Waals surface area contributed by atoms with E-state index in [0.717, 1.165) is 5.56 Å². The predicted molar refractivity (Wildman–Crippen MR) is 72.3 cm³/mol. The highest BCUT2D eigenvalue weighted by molar-refractivity contribution is 6.01. The van der Waals surface area contributed by atoms with Crippen molar-refractivity contribution in [1.29, 1.82) is 0 Å². The van der Waals surface area contributed by atoms with E-state index in [1.54, 1.807) is 13.2 Å². The number of rotatable bonds is 4. The summed E-state index contributed by atoms with van der Waals surface area (Å²) in [6, 6.07) is 3.54. The third-order valence-electron chi connectivity index (χ3n) is 3.56. The number of hydrogen-bond donors (Lipinski definition) is 0. The van der Waals surface area contributed by atoms with Crippen molar-refractivity contribution in [2.45, 2.75) is 19.3 Å². The van der Waals surface area contributed by atoms with Crippen molar-refractivity contribution >= 4 is 11.8 Å². The Labute approximate surface area is 117 Å². The molecule has 0 aliphatic heterocycles. The van der Waals surface area contributed by atoms with Crippen LogP contribution in [-0.2, 0) is 16.0 Å². The number of Topliss-reactive ketones (excluding diaryl/α,β-unsaturated/α-hetero) is 1. The van der Waals surface area contributed by atoms with Crippen LogP contribution < -0.4 is 9.47 Å². The summed E-state index contributed by atoms with van der Waals surface area (Å²) in [5, 5.41) is 0. The number of ketones is 1. The number of carbonyl (C=O) groups excluding carboxylic acids is 2. The van der Waals surface area contributed by atoms with Crippen molar-refractivity contribution in [3.8, 4) is 11.5 Å². The zero-order valence-corrected chi connectivity index (χ0v) is 11.9. The van der Waals surface area contributed by atoms with Crippen LogP contribution in [-0.4, -0.2) is 33.1 Å². The lowest BCUT2D eigenvalue weighted by Crippen LogP contribution is -2.23. The molecule has 2 rings (SSSR count). The van der Waals surface area contributed by atoms with E-state index in [-0.39, 0.29) is 24.1 Å². The van der Waals surface area contributed by atoms with Crippen LogP contribution in [0.2, 0.25) is 0 Å². The fraction of sp³-hybridized carbons (Fsp3) is 0.467. The van der Waals surface area contributed by atoms with E-state index < -0.39 is 0 Å². The molecule has 0 aromatic heterocycles. The molecule has 108 valence electrons. The van der Waals surface area contributed by atoms with E-state index in [1.807, 2.05) is 6.07 Å². The van der Waals surface area contributed by atoms with E-state index in [2.05, 4.69) is 4.74 Å². The van der Waals surface area contributed by atoms with Gasteiger partial charge in [-0.15, -0.1) is 0 Å². The van der Waals surface area contributed by atoms with Gasteiger partial charge in [0.25, 0.3) is 0 Å². The molecule has 1 aromatic carbocycles. The molecule has 0 amide bonds. The van der Waals surface area contributed by atoms with Crippen LogP contribution in [0.1, 0.15) is 28.8 Å². The minimum absolute atomic E-state index is 0.000318. The first-order valence-corrected chi connectivity index (χ1v) is 6.44. The Morgan fingerprint density at radius 1 is 1.20 bits per heavy atom. The topological polar surface area (TPSA) is 61.8 Å². The molecule has 0 saturated carbocycles. The van der Waals surface area contributed by atoms with Gasteiger partial charge in [0.05, 0.1) is 26.9 Å². The molecule has 0 radical (unpaired) electrons. The van der Waals surface area contributed by atoms with E-state index in [0.29, 0.717) is 29.9 Å². The lowest BCUT2D eigenvalue weighted by molar-refractivity contribution is -0.141. The summed E-state index contributed by atoms with van der Waals surface area (Å²) < 4.78 is 15.1. The first-order chi connectivity index (χ1) is 9.58. The molecule has 0 N–H and O–H groups in total. The van der Waals surface area contributed by atoms with E-state index in [4.69, 9.17) is 9.47 Å². The van der Waals surface area contributed by atoms with Gasteiger partial charge in [0.2, 0.25) is 0 Å². The Balaban J connectivity index is 2.33. The molecular weight excluding hydrogens is 260 g/mol. The molecule has 1 unspecified atom stereocenters. The molecule has 5 nitrogen and oxygen atoms in total. The van der Waals surface area contributed by atoms with Crippen molar-refractivity contribution in [3.05, 3.63) is 23.3 Å². The highest BCUT2D eigenvalue weighted by atomic mass is 16.5. The number of carbonyl (C=O) groups is 2.